The average molecular weight is 291 g/mol. The quantitative estimate of drug-likeness (QED) is 0.833. The standard InChI is InChI=1S/C11H13BrClNO/c1-3-14(4-2)11(15)9-6-5-8(13)7-10(9)12/h5-7H,3-4H2,1-2H3. The highest BCUT2D eigenvalue weighted by molar-refractivity contribution is 9.10. The third-order valence-electron chi connectivity index (χ3n) is 2.21. The fourth-order valence-corrected chi connectivity index (χ4v) is 2.20. The van der Waals surface area contributed by atoms with Crippen LogP contribution in [0.4, 0.5) is 0 Å². The summed E-state index contributed by atoms with van der Waals surface area (Å²) in [6.07, 6.45) is 0. The molecule has 0 radical (unpaired) electrons. The Kier molecular flexibility index (Phi) is 4.61. The van der Waals surface area contributed by atoms with Gasteiger partial charge in [-0.05, 0) is 48.0 Å². The van der Waals surface area contributed by atoms with Gasteiger partial charge in [-0.15, -0.1) is 0 Å². The van der Waals surface area contributed by atoms with Crippen LogP contribution in [-0.4, -0.2) is 23.9 Å². The second kappa shape index (κ2) is 5.52. The van der Waals surface area contributed by atoms with E-state index >= 15 is 0 Å². The van der Waals surface area contributed by atoms with E-state index in [0.717, 1.165) is 4.47 Å². The SMILES string of the molecule is CCN(CC)C(=O)c1ccc(Cl)cc1Br. The lowest BCUT2D eigenvalue weighted by molar-refractivity contribution is 0.0772. The second-order valence-electron chi connectivity index (χ2n) is 3.10. The first kappa shape index (κ1) is 12.5. The lowest BCUT2D eigenvalue weighted by Crippen LogP contribution is -2.30. The molecule has 1 rings (SSSR count). The lowest BCUT2D eigenvalue weighted by Gasteiger charge is -2.19. The first-order chi connectivity index (χ1) is 7.10. The van der Waals surface area contributed by atoms with Crippen molar-refractivity contribution >= 4 is 33.4 Å². The molecule has 0 bridgehead atoms. The van der Waals surface area contributed by atoms with Crippen molar-refractivity contribution in [1.82, 2.24) is 4.90 Å². The fourth-order valence-electron chi connectivity index (χ4n) is 1.34. The Hall–Kier alpha value is -0.540. The number of benzene rings is 1. The van der Waals surface area contributed by atoms with Crippen LogP contribution in [0.25, 0.3) is 0 Å². The minimum atomic E-state index is 0.0311. The molecular formula is C11H13BrClNO. The van der Waals surface area contributed by atoms with E-state index in [4.69, 9.17) is 11.6 Å². The van der Waals surface area contributed by atoms with Gasteiger partial charge in [0.2, 0.25) is 0 Å². The molecule has 0 saturated heterocycles. The van der Waals surface area contributed by atoms with Gasteiger partial charge in [0.25, 0.3) is 5.91 Å². The number of hydrogen-bond donors (Lipinski definition) is 0. The van der Waals surface area contributed by atoms with Crippen LogP contribution >= 0.6 is 27.5 Å². The van der Waals surface area contributed by atoms with Gasteiger partial charge < -0.3 is 4.90 Å². The summed E-state index contributed by atoms with van der Waals surface area (Å²) in [7, 11) is 0. The van der Waals surface area contributed by atoms with E-state index in [1.807, 2.05) is 13.8 Å². The normalized spacial score (nSPS) is 10.1. The van der Waals surface area contributed by atoms with Crippen LogP contribution in [0.5, 0.6) is 0 Å². The highest BCUT2D eigenvalue weighted by Crippen LogP contribution is 2.22. The monoisotopic (exact) mass is 289 g/mol. The molecule has 1 aromatic rings. The molecule has 0 saturated carbocycles. The van der Waals surface area contributed by atoms with Gasteiger partial charge in [0.15, 0.2) is 0 Å². The molecule has 82 valence electrons. The third-order valence-corrected chi connectivity index (χ3v) is 3.10. The summed E-state index contributed by atoms with van der Waals surface area (Å²) in [5.41, 5.74) is 0.656. The van der Waals surface area contributed by atoms with Gasteiger partial charge in [0, 0.05) is 22.6 Å². The highest BCUT2D eigenvalue weighted by Gasteiger charge is 2.15. The van der Waals surface area contributed by atoms with E-state index in [1.165, 1.54) is 0 Å². The summed E-state index contributed by atoms with van der Waals surface area (Å²) in [6, 6.07) is 5.20. The van der Waals surface area contributed by atoms with Gasteiger partial charge in [-0.25, -0.2) is 0 Å². The summed E-state index contributed by atoms with van der Waals surface area (Å²) in [5, 5.41) is 0.623. The maximum Gasteiger partial charge on any atom is 0.254 e. The molecule has 0 unspecified atom stereocenters. The number of amides is 1. The van der Waals surface area contributed by atoms with Crippen LogP contribution in [0.1, 0.15) is 24.2 Å². The van der Waals surface area contributed by atoms with Gasteiger partial charge in [-0.2, -0.15) is 0 Å². The molecule has 1 amide bonds. The van der Waals surface area contributed by atoms with Crippen LogP contribution < -0.4 is 0 Å². The van der Waals surface area contributed by atoms with Gasteiger partial charge >= 0.3 is 0 Å². The van der Waals surface area contributed by atoms with Crippen molar-refractivity contribution in [3.05, 3.63) is 33.3 Å². The Morgan fingerprint density at radius 2 is 2.00 bits per heavy atom. The second-order valence-corrected chi connectivity index (χ2v) is 4.39. The zero-order valence-corrected chi connectivity index (χ0v) is 11.1. The Morgan fingerprint density at radius 3 is 2.47 bits per heavy atom. The van der Waals surface area contributed by atoms with Gasteiger partial charge in [0.1, 0.15) is 0 Å². The maximum absolute atomic E-state index is 12.0. The minimum Gasteiger partial charge on any atom is -0.339 e. The Labute approximate surface area is 103 Å². The summed E-state index contributed by atoms with van der Waals surface area (Å²) in [4.78, 5) is 13.8. The van der Waals surface area contributed by atoms with Crippen molar-refractivity contribution in [2.45, 2.75) is 13.8 Å². The predicted molar refractivity (Wildman–Crippen MR) is 66.4 cm³/mol. The van der Waals surface area contributed by atoms with E-state index < -0.39 is 0 Å². The molecule has 0 aromatic heterocycles. The third kappa shape index (κ3) is 2.95. The zero-order chi connectivity index (χ0) is 11.4. The van der Waals surface area contributed by atoms with Crippen molar-refractivity contribution in [1.29, 1.82) is 0 Å². The number of carbonyl (C=O) groups is 1. The molecule has 1 aromatic carbocycles. The number of hydrogen-bond acceptors (Lipinski definition) is 1. The topological polar surface area (TPSA) is 20.3 Å². The number of carbonyl (C=O) groups excluding carboxylic acids is 1. The van der Waals surface area contributed by atoms with E-state index in [1.54, 1.807) is 23.1 Å². The van der Waals surface area contributed by atoms with Crippen LogP contribution in [0.15, 0.2) is 22.7 Å². The molecule has 0 spiro atoms. The molecule has 0 aliphatic carbocycles. The number of nitrogens with zero attached hydrogens (tertiary/aromatic N) is 1. The summed E-state index contributed by atoms with van der Waals surface area (Å²) < 4.78 is 0.743. The van der Waals surface area contributed by atoms with Crippen molar-refractivity contribution in [3.63, 3.8) is 0 Å². The first-order valence-corrected chi connectivity index (χ1v) is 6.01. The van der Waals surface area contributed by atoms with E-state index in [9.17, 15) is 4.79 Å². The molecule has 4 heteroatoms. The van der Waals surface area contributed by atoms with Crippen molar-refractivity contribution < 1.29 is 4.79 Å². The fraction of sp³-hybridized carbons (Fsp3) is 0.364. The lowest BCUT2D eigenvalue weighted by atomic mass is 10.2. The van der Waals surface area contributed by atoms with E-state index in [2.05, 4.69) is 15.9 Å². The first-order valence-electron chi connectivity index (χ1n) is 4.84. The van der Waals surface area contributed by atoms with Crippen molar-refractivity contribution in [2.75, 3.05) is 13.1 Å². The minimum absolute atomic E-state index is 0.0311. The van der Waals surface area contributed by atoms with Crippen LogP contribution in [0.3, 0.4) is 0 Å². The Bertz CT molecular complexity index is 364. The molecule has 2 nitrogen and oxygen atoms in total. The predicted octanol–water partition coefficient (Wildman–Crippen LogP) is 3.58. The van der Waals surface area contributed by atoms with Crippen LogP contribution in [0, 0.1) is 0 Å². The molecule has 0 aliphatic rings. The van der Waals surface area contributed by atoms with Gasteiger partial charge in [-0.3, -0.25) is 4.79 Å². The summed E-state index contributed by atoms with van der Waals surface area (Å²) >= 11 is 9.16. The summed E-state index contributed by atoms with van der Waals surface area (Å²) in [6.45, 7) is 5.35. The van der Waals surface area contributed by atoms with Gasteiger partial charge in [-0.1, -0.05) is 11.6 Å². The van der Waals surface area contributed by atoms with Crippen molar-refractivity contribution in [3.8, 4) is 0 Å². The molecule has 0 N–H and O–H groups in total. The molecule has 0 aliphatic heterocycles. The molecule has 0 heterocycles. The molecule has 15 heavy (non-hydrogen) atoms. The maximum atomic E-state index is 12.0. The highest BCUT2D eigenvalue weighted by atomic mass is 79.9. The Morgan fingerprint density at radius 1 is 1.40 bits per heavy atom. The molecule has 0 fully saturated rings. The van der Waals surface area contributed by atoms with E-state index in [0.29, 0.717) is 23.7 Å². The smallest absolute Gasteiger partial charge is 0.254 e. The Balaban J connectivity index is 3.00. The molecule has 0 atom stereocenters. The van der Waals surface area contributed by atoms with E-state index in [-0.39, 0.29) is 5.91 Å². The van der Waals surface area contributed by atoms with Gasteiger partial charge in [0.05, 0.1) is 5.56 Å². The number of halogens is 2. The summed E-state index contributed by atoms with van der Waals surface area (Å²) in [5.74, 6) is 0.0311. The van der Waals surface area contributed by atoms with Crippen LogP contribution in [-0.2, 0) is 0 Å². The zero-order valence-electron chi connectivity index (χ0n) is 8.76. The average Bonchev–Trinajstić information content (AvgIpc) is 2.19. The van der Waals surface area contributed by atoms with Crippen LogP contribution in [0.2, 0.25) is 5.02 Å². The van der Waals surface area contributed by atoms with Crippen molar-refractivity contribution in [2.24, 2.45) is 0 Å². The largest absolute Gasteiger partial charge is 0.339 e. The molecular weight excluding hydrogens is 277 g/mol. The number of rotatable bonds is 3.